The number of aromatic nitrogens is 2. The van der Waals surface area contributed by atoms with Gasteiger partial charge in [-0.1, -0.05) is 62.4 Å². The molecule has 5 rings (SSSR count). The fourth-order valence-electron chi connectivity index (χ4n) is 4.87. The molecule has 6 heteroatoms. The highest BCUT2D eigenvalue weighted by Crippen LogP contribution is 2.26. The molecular weight excluding hydrogens is 424 g/mol. The van der Waals surface area contributed by atoms with Gasteiger partial charge in [0.05, 0.1) is 17.1 Å². The molecule has 0 radical (unpaired) electrons. The maximum absolute atomic E-state index is 13.2. The van der Waals surface area contributed by atoms with Crippen molar-refractivity contribution in [1.29, 1.82) is 0 Å². The number of para-hydroxylation sites is 2. The van der Waals surface area contributed by atoms with Gasteiger partial charge in [-0.2, -0.15) is 0 Å². The van der Waals surface area contributed by atoms with Crippen molar-refractivity contribution in [3.8, 4) is 0 Å². The number of carbonyl (C=O) groups is 2. The number of carbonyl (C=O) groups excluding carboxylic acids is 2. The summed E-state index contributed by atoms with van der Waals surface area (Å²) in [7, 11) is 0. The van der Waals surface area contributed by atoms with Gasteiger partial charge in [-0.15, -0.1) is 0 Å². The molecule has 0 saturated carbocycles. The first-order valence-corrected chi connectivity index (χ1v) is 12.0. The lowest BCUT2D eigenvalue weighted by Gasteiger charge is -2.32. The molecule has 1 saturated heterocycles. The molecule has 2 N–H and O–H groups in total. The van der Waals surface area contributed by atoms with Gasteiger partial charge in [0.15, 0.2) is 0 Å². The fourth-order valence-corrected chi connectivity index (χ4v) is 4.87. The Morgan fingerprint density at radius 2 is 1.68 bits per heavy atom. The number of nitrogens with zero attached hydrogens (tertiary/aromatic N) is 2. The van der Waals surface area contributed by atoms with Crippen LogP contribution in [0.4, 0.5) is 0 Å². The number of hydrogen-bond acceptors (Lipinski definition) is 3. The molecule has 2 heterocycles. The van der Waals surface area contributed by atoms with Crippen LogP contribution in [0.25, 0.3) is 21.8 Å². The van der Waals surface area contributed by atoms with Crippen LogP contribution < -0.4 is 5.32 Å². The maximum Gasteiger partial charge on any atom is 0.254 e. The van der Waals surface area contributed by atoms with Gasteiger partial charge in [0.1, 0.15) is 5.82 Å². The first kappa shape index (κ1) is 22.1. The highest BCUT2D eigenvalue weighted by atomic mass is 16.2. The van der Waals surface area contributed by atoms with E-state index in [1.165, 1.54) is 0 Å². The molecule has 1 aliphatic heterocycles. The van der Waals surface area contributed by atoms with Gasteiger partial charge in [0, 0.05) is 24.6 Å². The Morgan fingerprint density at radius 3 is 2.44 bits per heavy atom. The molecule has 34 heavy (non-hydrogen) atoms. The van der Waals surface area contributed by atoms with Gasteiger partial charge in [-0.25, -0.2) is 4.98 Å². The molecular formula is C28H30N4O2. The fraction of sp³-hybridized carbons (Fsp3) is 0.321. The Morgan fingerprint density at radius 1 is 0.971 bits per heavy atom. The van der Waals surface area contributed by atoms with Gasteiger partial charge in [0.25, 0.3) is 5.91 Å². The van der Waals surface area contributed by atoms with Crippen molar-refractivity contribution in [2.75, 3.05) is 13.1 Å². The topological polar surface area (TPSA) is 78.1 Å². The molecule has 2 amide bonds. The van der Waals surface area contributed by atoms with Crippen LogP contribution in [-0.4, -0.2) is 39.8 Å². The normalized spacial score (nSPS) is 15.7. The van der Waals surface area contributed by atoms with E-state index < -0.39 is 0 Å². The summed E-state index contributed by atoms with van der Waals surface area (Å²) in [5, 5.41) is 5.26. The summed E-state index contributed by atoms with van der Waals surface area (Å²) in [4.78, 5) is 36.4. The Kier molecular flexibility index (Phi) is 6.05. The molecule has 0 aliphatic carbocycles. The van der Waals surface area contributed by atoms with Crippen LogP contribution in [-0.2, 0) is 4.79 Å². The van der Waals surface area contributed by atoms with Gasteiger partial charge in [-0.3, -0.25) is 9.59 Å². The van der Waals surface area contributed by atoms with Crippen molar-refractivity contribution in [2.24, 2.45) is 11.8 Å². The van der Waals surface area contributed by atoms with Crippen LogP contribution in [0.5, 0.6) is 0 Å². The average Bonchev–Trinajstić information content (AvgIpc) is 3.30. The number of amides is 2. The summed E-state index contributed by atoms with van der Waals surface area (Å²) in [6.45, 7) is 5.33. The van der Waals surface area contributed by atoms with Gasteiger partial charge in [-0.05, 0) is 47.7 Å². The van der Waals surface area contributed by atoms with Crippen molar-refractivity contribution in [1.82, 2.24) is 20.2 Å². The number of hydrogen-bond donors (Lipinski definition) is 2. The summed E-state index contributed by atoms with van der Waals surface area (Å²) in [5.41, 5.74) is 2.60. The summed E-state index contributed by atoms with van der Waals surface area (Å²) in [6.07, 6.45) is 1.32. The number of imidazole rings is 1. The molecule has 4 aromatic rings. The van der Waals surface area contributed by atoms with E-state index in [0.717, 1.165) is 33.2 Å². The van der Waals surface area contributed by atoms with Crippen LogP contribution >= 0.6 is 0 Å². The van der Waals surface area contributed by atoms with Gasteiger partial charge in [0.2, 0.25) is 5.91 Å². The molecule has 0 bridgehead atoms. The Bertz CT molecular complexity index is 1300. The third kappa shape index (κ3) is 4.28. The van der Waals surface area contributed by atoms with E-state index in [4.69, 9.17) is 4.98 Å². The first-order valence-electron chi connectivity index (χ1n) is 12.0. The largest absolute Gasteiger partial charge is 0.346 e. The third-order valence-corrected chi connectivity index (χ3v) is 6.84. The first-order chi connectivity index (χ1) is 16.5. The minimum atomic E-state index is -0.185. The molecule has 0 spiro atoms. The average molecular weight is 455 g/mol. The van der Waals surface area contributed by atoms with E-state index in [2.05, 4.69) is 24.1 Å². The number of aromatic amines is 1. The molecule has 1 aromatic heterocycles. The van der Waals surface area contributed by atoms with Crippen molar-refractivity contribution >= 4 is 33.6 Å². The summed E-state index contributed by atoms with van der Waals surface area (Å²) in [5.74, 6) is 0.947. The van der Waals surface area contributed by atoms with Crippen molar-refractivity contribution in [3.63, 3.8) is 0 Å². The number of likely N-dealkylation sites (tertiary alicyclic amines) is 1. The standard InChI is InChI=1S/C28H30N4O2/c1-18(2)25(26-29-23-12-5-6-13-24(23)30-26)31-27(33)20-14-16-32(17-15-20)28(34)22-11-7-9-19-8-3-4-10-21(19)22/h3-13,18,20,25H,14-17H2,1-2H3,(H,29,30)(H,31,33)/t25-/m0/s1. The van der Waals surface area contributed by atoms with Gasteiger partial charge < -0.3 is 15.2 Å². The predicted molar refractivity (Wildman–Crippen MR) is 134 cm³/mol. The number of benzene rings is 3. The minimum absolute atomic E-state index is 0.0383. The second-order valence-corrected chi connectivity index (χ2v) is 9.46. The number of rotatable bonds is 5. The highest BCUT2D eigenvalue weighted by Gasteiger charge is 2.31. The second kappa shape index (κ2) is 9.29. The third-order valence-electron chi connectivity index (χ3n) is 6.84. The minimum Gasteiger partial charge on any atom is -0.346 e. The molecule has 3 aromatic carbocycles. The van der Waals surface area contributed by atoms with Crippen molar-refractivity contribution in [3.05, 3.63) is 78.1 Å². The van der Waals surface area contributed by atoms with E-state index in [-0.39, 0.29) is 29.7 Å². The van der Waals surface area contributed by atoms with E-state index >= 15 is 0 Å². The maximum atomic E-state index is 13.2. The Balaban J connectivity index is 1.25. The van der Waals surface area contributed by atoms with Gasteiger partial charge >= 0.3 is 0 Å². The molecule has 6 nitrogen and oxygen atoms in total. The summed E-state index contributed by atoms with van der Waals surface area (Å²) >= 11 is 0. The smallest absolute Gasteiger partial charge is 0.254 e. The van der Waals surface area contributed by atoms with Crippen molar-refractivity contribution < 1.29 is 9.59 Å². The number of H-pyrrole nitrogens is 1. The number of fused-ring (bicyclic) bond motifs is 2. The Labute approximate surface area is 199 Å². The van der Waals surface area contributed by atoms with E-state index in [0.29, 0.717) is 25.9 Å². The van der Waals surface area contributed by atoms with E-state index in [1.54, 1.807) is 0 Å². The lowest BCUT2D eigenvalue weighted by molar-refractivity contribution is -0.127. The predicted octanol–water partition coefficient (Wildman–Crippen LogP) is 5.08. The summed E-state index contributed by atoms with van der Waals surface area (Å²) < 4.78 is 0. The molecule has 1 aliphatic rings. The van der Waals surface area contributed by atoms with Crippen LogP contribution in [0.15, 0.2) is 66.7 Å². The number of piperidine rings is 1. The van der Waals surface area contributed by atoms with Crippen LogP contribution in [0.3, 0.4) is 0 Å². The molecule has 0 unspecified atom stereocenters. The number of nitrogens with one attached hydrogen (secondary N) is 2. The van der Waals surface area contributed by atoms with Crippen LogP contribution in [0.1, 0.15) is 48.9 Å². The monoisotopic (exact) mass is 454 g/mol. The summed E-state index contributed by atoms with van der Waals surface area (Å²) in [6, 6.07) is 21.5. The van der Waals surface area contributed by atoms with Crippen LogP contribution in [0.2, 0.25) is 0 Å². The second-order valence-electron chi connectivity index (χ2n) is 9.46. The van der Waals surface area contributed by atoms with E-state index in [1.807, 2.05) is 71.6 Å². The zero-order valence-corrected chi connectivity index (χ0v) is 19.6. The zero-order chi connectivity index (χ0) is 23.7. The SMILES string of the molecule is CC(C)[C@H](NC(=O)C1CCN(C(=O)c2cccc3ccccc23)CC1)c1nc2ccccc2[nH]1. The lowest BCUT2D eigenvalue weighted by Crippen LogP contribution is -2.44. The van der Waals surface area contributed by atoms with Crippen molar-refractivity contribution in [2.45, 2.75) is 32.7 Å². The zero-order valence-electron chi connectivity index (χ0n) is 19.6. The quantitative estimate of drug-likeness (QED) is 0.441. The highest BCUT2D eigenvalue weighted by molar-refractivity contribution is 6.07. The lowest BCUT2D eigenvalue weighted by atomic mass is 9.93. The Hall–Kier alpha value is -3.67. The van der Waals surface area contributed by atoms with E-state index in [9.17, 15) is 9.59 Å². The molecule has 1 fully saturated rings. The molecule has 1 atom stereocenters. The van der Waals surface area contributed by atoms with Crippen LogP contribution in [0, 0.1) is 11.8 Å². The molecule has 174 valence electrons.